The second-order valence-electron chi connectivity index (χ2n) is 7.39. The lowest BCUT2D eigenvalue weighted by atomic mass is 9.95. The zero-order chi connectivity index (χ0) is 22.5. The van der Waals surface area contributed by atoms with Crippen molar-refractivity contribution in [2.75, 3.05) is 11.9 Å². The highest BCUT2D eigenvalue weighted by Crippen LogP contribution is 2.39. The molecular formula is C24H24N2O5S. The number of rotatable bonds is 8. The van der Waals surface area contributed by atoms with Gasteiger partial charge in [-0.3, -0.25) is 9.59 Å². The number of benzene rings is 1. The maximum atomic E-state index is 13.3. The minimum absolute atomic E-state index is 0.0914. The normalized spacial score (nSPS) is 13.7. The largest absolute Gasteiger partial charge is 0.462 e. The molecule has 166 valence electrons. The number of furan rings is 1. The van der Waals surface area contributed by atoms with Crippen LogP contribution >= 0.6 is 11.3 Å². The summed E-state index contributed by atoms with van der Waals surface area (Å²) in [6.45, 7) is 2.01. The fourth-order valence-corrected chi connectivity index (χ4v) is 5.07. The van der Waals surface area contributed by atoms with Gasteiger partial charge in [0.05, 0.1) is 18.4 Å². The third kappa shape index (κ3) is 4.60. The van der Waals surface area contributed by atoms with Crippen LogP contribution in [0, 0.1) is 0 Å². The molecule has 0 bridgehead atoms. The van der Waals surface area contributed by atoms with Crippen molar-refractivity contribution in [3.8, 4) is 0 Å². The Bertz CT molecular complexity index is 1110. The molecule has 2 aromatic heterocycles. The molecule has 0 aliphatic heterocycles. The molecule has 0 unspecified atom stereocenters. The SMILES string of the molecule is CCOC(=O)c1c(N[C@H](NC(=O)c2ccco2)C(=O)c2ccccc2)sc2c1CCCC2. The Labute approximate surface area is 189 Å². The minimum atomic E-state index is -1.09. The van der Waals surface area contributed by atoms with Crippen molar-refractivity contribution in [2.24, 2.45) is 0 Å². The van der Waals surface area contributed by atoms with Gasteiger partial charge >= 0.3 is 5.97 Å². The molecule has 0 spiro atoms. The van der Waals surface area contributed by atoms with Crippen LogP contribution in [0.3, 0.4) is 0 Å². The van der Waals surface area contributed by atoms with Gasteiger partial charge in [-0.2, -0.15) is 0 Å². The summed E-state index contributed by atoms with van der Waals surface area (Å²) in [4.78, 5) is 39.9. The number of carbonyl (C=O) groups is 3. The van der Waals surface area contributed by atoms with Gasteiger partial charge in [0, 0.05) is 10.4 Å². The fourth-order valence-electron chi connectivity index (χ4n) is 3.76. The lowest BCUT2D eigenvalue weighted by molar-refractivity contribution is 0.0526. The third-order valence-corrected chi connectivity index (χ3v) is 6.49. The van der Waals surface area contributed by atoms with Crippen molar-refractivity contribution >= 4 is 34.0 Å². The number of Topliss-reactive ketones (excluding diaryl/α,β-unsaturated/α-hetero) is 1. The number of hydrogen-bond acceptors (Lipinski definition) is 7. The Morgan fingerprint density at radius 2 is 1.88 bits per heavy atom. The summed E-state index contributed by atoms with van der Waals surface area (Å²) in [5, 5.41) is 6.37. The number of nitrogens with one attached hydrogen (secondary N) is 2. The maximum Gasteiger partial charge on any atom is 0.341 e. The molecule has 0 fully saturated rings. The highest BCUT2D eigenvalue weighted by Gasteiger charge is 2.30. The van der Waals surface area contributed by atoms with E-state index in [4.69, 9.17) is 9.15 Å². The first-order chi connectivity index (χ1) is 15.6. The average molecular weight is 453 g/mol. The van der Waals surface area contributed by atoms with E-state index in [-0.39, 0.29) is 18.2 Å². The Morgan fingerprint density at radius 1 is 1.09 bits per heavy atom. The van der Waals surface area contributed by atoms with Crippen LogP contribution in [-0.4, -0.2) is 30.4 Å². The number of ketones is 1. The van der Waals surface area contributed by atoms with Crippen molar-refractivity contribution in [2.45, 2.75) is 38.8 Å². The van der Waals surface area contributed by atoms with E-state index in [2.05, 4.69) is 10.6 Å². The summed E-state index contributed by atoms with van der Waals surface area (Å²) >= 11 is 1.44. The number of hydrogen-bond donors (Lipinski definition) is 2. The molecule has 32 heavy (non-hydrogen) atoms. The number of amides is 1. The van der Waals surface area contributed by atoms with Gasteiger partial charge in [0.2, 0.25) is 5.78 Å². The first kappa shape index (κ1) is 21.8. The number of ether oxygens (including phenoxy) is 1. The number of thiophene rings is 1. The van der Waals surface area contributed by atoms with E-state index in [9.17, 15) is 14.4 Å². The standard InChI is InChI=1S/C24H24N2O5S/c1-2-30-24(29)19-16-11-6-7-13-18(16)32-23(19)26-21(20(27)15-9-4-3-5-10-15)25-22(28)17-12-8-14-31-17/h3-5,8-10,12,14,21,26H,2,6-7,11,13H2,1H3,(H,25,28)/t21-/m0/s1. The van der Waals surface area contributed by atoms with Crippen molar-refractivity contribution in [1.82, 2.24) is 5.32 Å². The summed E-state index contributed by atoms with van der Waals surface area (Å²) in [6, 6.07) is 11.8. The number of esters is 1. The van der Waals surface area contributed by atoms with Crippen molar-refractivity contribution in [1.29, 1.82) is 0 Å². The highest BCUT2D eigenvalue weighted by molar-refractivity contribution is 7.16. The van der Waals surface area contributed by atoms with E-state index in [1.807, 2.05) is 6.07 Å². The Hall–Kier alpha value is -3.39. The van der Waals surface area contributed by atoms with E-state index in [0.29, 0.717) is 16.1 Å². The van der Waals surface area contributed by atoms with E-state index in [1.165, 1.54) is 23.7 Å². The van der Waals surface area contributed by atoms with Crippen molar-refractivity contribution in [3.05, 3.63) is 76.1 Å². The average Bonchev–Trinajstić information content (AvgIpc) is 3.47. The highest BCUT2D eigenvalue weighted by atomic mass is 32.1. The topological polar surface area (TPSA) is 97.6 Å². The molecule has 1 aliphatic rings. The minimum Gasteiger partial charge on any atom is -0.462 e. The third-order valence-electron chi connectivity index (χ3n) is 5.27. The summed E-state index contributed by atoms with van der Waals surface area (Å²) in [5.41, 5.74) is 1.87. The number of aryl methyl sites for hydroxylation is 1. The van der Waals surface area contributed by atoms with Crippen LogP contribution in [-0.2, 0) is 17.6 Å². The van der Waals surface area contributed by atoms with Gasteiger partial charge in [-0.05, 0) is 50.3 Å². The predicted molar refractivity (Wildman–Crippen MR) is 121 cm³/mol. The molecule has 7 nitrogen and oxygen atoms in total. The summed E-state index contributed by atoms with van der Waals surface area (Å²) in [5.74, 6) is -1.19. The van der Waals surface area contributed by atoms with E-state index < -0.39 is 18.0 Å². The van der Waals surface area contributed by atoms with Gasteiger partial charge in [0.25, 0.3) is 5.91 Å². The second kappa shape index (κ2) is 9.82. The van der Waals surface area contributed by atoms with Crippen LogP contribution in [0.25, 0.3) is 0 Å². The molecule has 4 rings (SSSR count). The number of anilines is 1. The summed E-state index contributed by atoms with van der Waals surface area (Å²) in [7, 11) is 0. The zero-order valence-electron chi connectivity index (χ0n) is 17.7. The molecule has 0 saturated carbocycles. The molecule has 3 aromatic rings. The first-order valence-electron chi connectivity index (χ1n) is 10.6. The van der Waals surface area contributed by atoms with Crippen molar-refractivity contribution in [3.63, 3.8) is 0 Å². The van der Waals surface area contributed by atoms with Gasteiger partial charge in [-0.15, -0.1) is 11.3 Å². The Kier molecular flexibility index (Phi) is 6.70. The molecule has 0 radical (unpaired) electrons. The van der Waals surface area contributed by atoms with Crippen LogP contribution in [0.1, 0.15) is 61.5 Å². The van der Waals surface area contributed by atoms with E-state index >= 15 is 0 Å². The maximum absolute atomic E-state index is 13.3. The molecule has 1 atom stereocenters. The summed E-state index contributed by atoms with van der Waals surface area (Å²) in [6.07, 6.45) is 4.02. The van der Waals surface area contributed by atoms with Crippen LogP contribution in [0.2, 0.25) is 0 Å². The van der Waals surface area contributed by atoms with E-state index in [0.717, 1.165) is 36.1 Å². The van der Waals surface area contributed by atoms with Crippen LogP contribution in [0.4, 0.5) is 5.00 Å². The lowest BCUT2D eigenvalue weighted by Gasteiger charge is -2.20. The van der Waals surface area contributed by atoms with Crippen LogP contribution in [0.5, 0.6) is 0 Å². The second-order valence-corrected chi connectivity index (χ2v) is 8.50. The van der Waals surface area contributed by atoms with Crippen LogP contribution in [0.15, 0.2) is 53.1 Å². The van der Waals surface area contributed by atoms with Gasteiger partial charge in [0.1, 0.15) is 5.00 Å². The molecule has 0 saturated heterocycles. The first-order valence-corrected chi connectivity index (χ1v) is 11.4. The van der Waals surface area contributed by atoms with Gasteiger partial charge in [-0.1, -0.05) is 30.3 Å². The monoisotopic (exact) mass is 452 g/mol. The smallest absolute Gasteiger partial charge is 0.341 e. The Balaban J connectivity index is 1.69. The molecule has 2 heterocycles. The predicted octanol–water partition coefficient (Wildman–Crippen LogP) is 4.45. The quantitative estimate of drug-likeness (QED) is 0.298. The lowest BCUT2D eigenvalue weighted by Crippen LogP contribution is -2.46. The van der Waals surface area contributed by atoms with Gasteiger partial charge in [0.15, 0.2) is 11.9 Å². The van der Waals surface area contributed by atoms with Crippen LogP contribution < -0.4 is 10.6 Å². The molecule has 1 amide bonds. The molecule has 8 heteroatoms. The molecule has 1 aliphatic carbocycles. The summed E-state index contributed by atoms with van der Waals surface area (Å²) < 4.78 is 10.5. The molecule has 2 N–H and O–H groups in total. The fraction of sp³-hybridized carbons (Fsp3) is 0.292. The molecule has 1 aromatic carbocycles. The van der Waals surface area contributed by atoms with Gasteiger partial charge in [-0.25, -0.2) is 4.79 Å². The number of carbonyl (C=O) groups excluding carboxylic acids is 3. The molecular weight excluding hydrogens is 428 g/mol. The zero-order valence-corrected chi connectivity index (χ0v) is 18.5. The van der Waals surface area contributed by atoms with Crippen molar-refractivity contribution < 1.29 is 23.5 Å². The van der Waals surface area contributed by atoms with E-state index in [1.54, 1.807) is 37.3 Å². The number of fused-ring (bicyclic) bond motifs is 1. The Morgan fingerprint density at radius 3 is 2.59 bits per heavy atom. The van der Waals surface area contributed by atoms with Gasteiger partial charge < -0.3 is 19.8 Å².